The predicted molar refractivity (Wildman–Crippen MR) is 150 cm³/mol. The Morgan fingerprint density at radius 3 is 2.21 bits per heavy atom. The molecule has 6 heteroatoms. The van der Waals surface area contributed by atoms with Gasteiger partial charge in [-0.1, -0.05) is 50.3 Å². The van der Waals surface area contributed by atoms with Gasteiger partial charge in [-0.25, -0.2) is 9.59 Å². The number of carbonyl (C=O) groups excluding carboxylic acids is 2. The molecule has 0 aliphatic heterocycles. The summed E-state index contributed by atoms with van der Waals surface area (Å²) in [6, 6.07) is 20.7. The number of rotatable bonds is 15. The Balaban J connectivity index is 1.48. The molecule has 0 heterocycles. The van der Waals surface area contributed by atoms with Gasteiger partial charge in [0, 0.05) is 17.9 Å². The minimum absolute atomic E-state index is 0.343. The van der Waals surface area contributed by atoms with Gasteiger partial charge in [0.25, 0.3) is 0 Å². The van der Waals surface area contributed by atoms with E-state index in [9.17, 15) is 9.59 Å². The van der Waals surface area contributed by atoms with Crippen molar-refractivity contribution in [3.63, 3.8) is 0 Å². The van der Waals surface area contributed by atoms with Gasteiger partial charge in [0.1, 0.15) is 11.5 Å². The average molecular weight is 514 g/mol. The molecular weight excluding hydrogens is 478 g/mol. The molecule has 3 aromatic rings. The topological polar surface area (TPSA) is 85.7 Å². The molecular formula is C32H35NO5. The maximum atomic E-state index is 12.7. The van der Waals surface area contributed by atoms with Crippen LogP contribution in [0.5, 0.6) is 11.5 Å². The normalized spacial score (nSPS) is 10.4. The Labute approximate surface area is 224 Å². The molecule has 0 amide bonds. The van der Waals surface area contributed by atoms with Crippen LogP contribution in [0.25, 0.3) is 11.1 Å². The molecule has 0 saturated heterocycles. The number of hydrogen-bond donors (Lipinski definition) is 1. The largest absolute Gasteiger partial charge is 0.494 e. The van der Waals surface area contributed by atoms with Crippen molar-refractivity contribution in [2.75, 3.05) is 13.2 Å². The van der Waals surface area contributed by atoms with Crippen LogP contribution < -0.4 is 9.47 Å². The molecule has 0 bridgehead atoms. The van der Waals surface area contributed by atoms with Crippen molar-refractivity contribution in [1.82, 2.24) is 0 Å². The summed E-state index contributed by atoms with van der Waals surface area (Å²) < 4.78 is 16.3. The quantitative estimate of drug-likeness (QED) is 0.0764. The predicted octanol–water partition coefficient (Wildman–Crippen LogP) is 7.19. The van der Waals surface area contributed by atoms with Crippen molar-refractivity contribution < 1.29 is 23.8 Å². The van der Waals surface area contributed by atoms with Crippen LogP contribution in [0.2, 0.25) is 0 Å². The first kappa shape index (κ1) is 28.4. The molecule has 0 saturated carbocycles. The molecule has 198 valence electrons. The summed E-state index contributed by atoms with van der Waals surface area (Å²) in [5, 5.41) is 7.81. The van der Waals surface area contributed by atoms with Gasteiger partial charge < -0.3 is 19.6 Å². The second-order valence-corrected chi connectivity index (χ2v) is 8.89. The molecule has 0 aromatic heterocycles. The van der Waals surface area contributed by atoms with E-state index in [4.69, 9.17) is 19.6 Å². The second-order valence-electron chi connectivity index (χ2n) is 8.89. The van der Waals surface area contributed by atoms with Crippen molar-refractivity contribution in [3.8, 4) is 22.6 Å². The minimum Gasteiger partial charge on any atom is -0.494 e. The van der Waals surface area contributed by atoms with E-state index < -0.39 is 11.9 Å². The summed E-state index contributed by atoms with van der Waals surface area (Å²) >= 11 is 0. The van der Waals surface area contributed by atoms with Crippen molar-refractivity contribution >= 4 is 18.2 Å². The Morgan fingerprint density at radius 2 is 1.55 bits per heavy atom. The molecule has 0 fully saturated rings. The van der Waals surface area contributed by atoms with E-state index in [1.54, 1.807) is 30.3 Å². The van der Waals surface area contributed by atoms with Crippen molar-refractivity contribution in [2.24, 2.45) is 0 Å². The number of benzene rings is 3. The lowest BCUT2D eigenvalue weighted by molar-refractivity contribution is -0.137. The van der Waals surface area contributed by atoms with Gasteiger partial charge in [0.2, 0.25) is 0 Å². The molecule has 1 N–H and O–H groups in total. The average Bonchev–Trinajstić information content (AvgIpc) is 2.95. The van der Waals surface area contributed by atoms with Crippen molar-refractivity contribution in [2.45, 2.75) is 45.4 Å². The fraction of sp³-hybridized carbons (Fsp3) is 0.281. The molecule has 0 aliphatic carbocycles. The number of ether oxygens (including phenoxy) is 3. The smallest absolute Gasteiger partial charge is 0.343 e. The summed E-state index contributed by atoms with van der Waals surface area (Å²) in [6.45, 7) is 6.49. The molecule has 6 nitrogen and oxygen atoms in total. The highest BCUT2D eigenvalue weighted by Crippen LogP contribution is 2.27. The van der Waals surface area contributed by atoms with Gasteiger partial charge in [-0.3, -0.25) is 0 Å². The molecule has 0 atom stereocenters. The van der Waals surface area contributed by atoms with Gasteiger partial charge in [0.15, 0.2) is 0 Å². The van der Waals surface area contributed by atoms with Gasteiger partial charge >= 0.3 is 11.9 Å². The molecule has 0 spiro atoms. The fourth-order valence-corrected chi connectivity index (χ4v) is 3.91. The van der Waals surface area contributed by atoms with Crippen LogP contribution in [0.15, 0.2) is 79.4 Å². The number of aryl methyl sites for hydroxylation is 1. The fourth-order valence-electron chi connectivity index (χ4n) is 3.91. The minimum atomic E-state index is -0.492. The van der Waals surface area contributed by atoms with Gasteiger partial charge in [-0.15, -0.1) is 0 Å². The molecule has 3 rings (SSSR count). The lowest BCUT2D eigenvalue weighted by Gasteiger charge is -2.11. The molecule has 3 aromatic carbocycles. The maximum Gasteiger partial charge on any atom is 0.343 e. The first-order valence-corrected chi connectivity index (χ1v) is 13.0. The van der Waals surface area contributed by atoms with Crippen molar-refractivity contribution in [1.29, 1.82) is 5.41 Å². The summed E-state index contributed by atoms with van der Waals surface area (Å²) in [6.07, 6.45) is 8.12. The Morgan fingerprint density at radius 1 is 0.868 bits per heavy atom. The third-order valence-corrected chi connectivity index (χ3v) is 6.00. The SMILES string of the molecule is C=CC(=O)OCCCCCCOc1ccc(C(=O)Oc2ccc(-c3ccc(CCC)cc3)cc2C=N)cc1. The Bertz CT molecular complexity index is 1220. The van der Waals surface area contributed by atoms with Crippen LogP contribution in [0.1, 0.15) is 60.5 Å². The zero-order valence-corrected chi connectivity index (χ0v) is 21.9. The summed E-state index contributed by atoms with van der Waals surface area (Å²) in [5.41, 5.74) is 4.25. The molecule has 0 aliphatic rings. The van der Waals surface area contributed by atoms with Crippen LogP contribution >= 0.6 is 0 Å². The zero-order chi connectivity index (χ0) is 27.2. The van der Waals surface area contributed by atoms with E-state index in [1.165, 1.54) is 11.8 Å². The summed E-state index contributed by atoms with van der Waals surface area (Å²) in [5.74, 6) is 0.137. The van der Waals surface area contributed by atoms with Crippen LogP contribution in [0.4, 0.5) is 0 Å². The van der Waals surface area contributed by atoms with E-state index >= 15 is 0 Å². The summed E-state index contributed by atoms with van der Waals surface area (Å²) in [7, 11) is 0. The highest BCUT2D eigenvalue weighted by atomic mass is 16.5. The third-order valence-electron chi connectivity index (χ3n) is 6.00. The van der Waals surface area contributed by atoms with Crippen LogP contribution in [-0.2, 0) is 16.0 Å². The number of carbonyl (C=O) groups is 2. The number of hydrogen-bond acceptors (Lipinski definition) is 6. The first-order valence-electron chi connectivity index (χ1n) is 13.0. The summed E-state index contributed by atoms with van der Waals surface area (Å²) in [4.78, 5) is 23.7. The second kappa shape index (κ2) is 15.2. The molecule has 0 radical (unpaired) electrons. The Hall–Kier alpha value is -4.19. The third kappa shape index (κ3) is 8.73. The van der Waals surface area contributed by atoms with E-state index in [-0.39, 0.29) is 0 Å². The lowest BCUT2D eigenvalue weighted by Crippen LogP contribution is -2.10. The highest BCUT2D eigenvalue weighted by Gasteiger charge is 2.13. The zero-order valence-electron chi connectivity index (χ0n) is 21.9. The van der Waals surface area contributed by atoms with Crippen LogP contribution in [-0.4, -0.2) is 31.4 Å². The van der Waals surface area contributed by atoms with Crippen molar-refractivity contribution in [3.05, 3.63) is 96.1 Å². The van der Waals surface area contributed by atoms with E-state index in [1.807, 2.05) is 12.1 Å². The molecule has 0 unspecified atom stereocenters. The van der Waals surface area contributed by atoms with Crippen LogP contribution in [0, 0.1) is 5.41 Å². The monoisotopic (exact) mass is 513 g/mol. The lowest BCUT2D eigenvalue weighted by atomic mass is 10.0. The maximum absolute atomic E-state index is 12.7. The number of nitrogens with one attached hydrogen (secondary N) is 1. The standard InChI is InChI=1S/C32H35NO5/c1-3-9-24-10-12-25(13-11-24)27-16-19-30(28(22-27)23-33)38-32(35)26-14-17-29(18-15-26)36-20-7-5-6-8-21-37-31(34)4-2/h4,10-19,22-23,33H,2-3,5-9,20-21H2,1H3. The van der Waals surface area contributed by atoms with Gasteiger partial charge in [-0.2, -0.15) is 0 Å². The Kier molecular flexibility index (Phi) is 11.3. The van der Waals surface area contributed by atoms with E-state index in [2.05, 4.69) is 37.8 Å². The molecule has 38 heavy (non-hydrogen) atoms. The van der Waals surface area contributed by atoms with E-state index in [0.29, 0.717) is 35.8 Å². The van der Waals surface area contributed by atoms with Gasteiger partial charge in [-0.05, 0) is 85.2 Å². The van der Waals surface area contributed by atoms with Crippen LogP contribution in [0.3, 0.4) is 0 Å². The van der Waals surface area contributed by atoms with Gasteiger partial charge in [0.05, 0.1) is 18.8 Å². The highest BCUT2D eigenvalue weighted by molar-refractivity contribution is 5.93. The van der Waals surface area contributed by atoms with E-state index in [0.717, 1.165) is 55.7 Å². The number of unbranched alkanes of at least 4 members (excludes halogenated alkanes) is 3. The number of esters is 2. The first-order chi connectivity index (χ1) is 18.5.